The Hall–Kier alpha value is -2.33. The monoisotopic (exact) mass is 281 g/mol. The van der Waals surface area contributed by atoms with E-state index >= 15 is 0 Å². The Balaban J connectivity index is 1.71. The van der Waals surface area contributed by atoms with Crippen molar-refractivity contribution in [2.24, 2.45) is 0 Å². The fraction of sp³-hybridized carbons (Fsp3) is 0.235. The molecule has 0 fully saturated rings. The van der Waals surface area contributed by atoms with E-state index in [1.807, 2.05) is 50.2 Å². The van der Waals surface area contributed by atoms with Crippen LogP contribution in [0.25, 0.3) is 11.0 Å². The van der Waals surface area contributed by atoms with Crippen molar-refractivity contribution in [1.29, 1.82) is 0 Å². The molecular weight excluding hydrogens is 262 g/mol. The molecule has 0 aliphatic heterocycles. The van der Waals surface area contributed by atoms with Crippen LogP contribution < -0.4 is 5.32 Å². The van der Waals surface area contributed by atoms with Crippen LogP contribution in [0.1, 0.15) is 29.9 Å². The number of aromatic amines is 1. The molecule has 1 heterocycles. The number of nitrogens with zero attached hydrogens (tertiary/aromatic N) is 1. The van der Waals surface area contributed by atoms with Gasteiger partial charge in [0, 0.05) is 11.6 Å². The Morgan fingerprint density at radius 2 is 2.05 bits per heavy atom. The highest BCUT2D eigenvalue weighted by molar-refractivity contribution is 5.74. The van der Waals surface area contributed by atoms with Crippen molar-refractivity contribution < 1.29 is 5.11 Å². The van der Waals surface area contributed by atoms with Gasteiger partial charge in [-0.25, -0.2) is 4.98 Å². The van der Waals surface area contributed by atoms with E-state index in [2.05, 4.69) is 15.3 Å². The fourth-order valence-electron chi connectivity index (χ4n) is 2.47. The molecule has 2 aromatic carbocycles. The fourth-order valence-corrected chi connectivity index (χ4v) is 2.47. The lowest BCUT2D eigenvalue weighted by Crippen LogP contribution is -2.19. The molecule has 4 nitrogen and oxygen atoms in total. The van der Waals surface area contributed by atoms with Crippen LogP contribution in [-0.2, 0) is 6.54 Å². The molecule has 108 valence electrons. The predicted molar refractivity (Wildman–Crippen MR) is 84.2 cm³/mol. The number of fused-ring (bicyclic) bond motifs is 1. The molecule has 3 rings (SSSR count). The number of imidazole rings is 1. The third-order valence-electron chi connectivity index (χ3n) is 3.67. The Morgan fingerprint density at radius 1 is 1.24 bits per heavy atom. The van der Waals surface area contributed by atoms with Crippen LogP contribution >= 0.6 is 0 Å². The molecule has 0 bridgehead atoms. The summed E-state index contributed by atoms with van der Waals surface area (Å²) in [6.07, 6.45) is 0. The number of hydrogen-bond acceptors (Lipinski definition) is 3. The zero-order chi connectivity index (χ0) is 14.8. The van der Waals surface area contributed by atoms with Gasteiger partial charge in [0.1, 0.15) is 11.6 Å². The van der Waals surface area contributed by atoms with Crippen LogP contribution in [0, 0.1) is 6.92 Å². The zero-order valence-electron chi connectivity index (χ0n) is 12.2. The molecule has 1 atom stereocenters. The first kappa shape index (κ1) is 13.6. The van der Waals surface area contributed by atoms with Gasteiger partial charge in [-0.3, -0.25) is 0 Å². The zero-order valence-corrected chi connectivity index (χ0v) is 12.2. The van der Waals surface area contributed by atoms with Crippen molar-refractivity contribution in [2.75, 3.05) is 0 Å². The number of nitrogens with one attached hydrogen (secondary N) is 2. The second kappa shape index (κ2) is 5.58. The second-order valence-electron chi connectivity index (χ2n) is 5.37. The maximum absolute atomic E-state index is 10.0. The minimum absolute atomic E-state index is 0.0545. The summed E-state index contributed by atoms with van der Waals surface area (Å²) in [5.74, 6) is 1.23. The van der Waals surface area contributed by atoms with Crippen LogP contribution in [-0.4, -0.2) is 15.1 Å². The number of hydrogen-bond donors (Lipinski definition) is 3. The van der Waals surface area contributed by atoms with Crippen LogP contribution in [0.15, 0.2) is 42.5 Å². The summed E-state index contributed by atoms with van der Waals surface area (Å²) >= 11 is 0. The van der Waals surface area contributed by atoms with E-state index in [-0.39, 0.29) is 6.04 Å². The quantitative estimate of drug-likeness (QED) is 0.686. The van der Waals surface area contributed by atoms with Gasteiger partial charge in [-0.2, -0.15) is 0 Å². The highest BCUT2D eigenvalue weighted by Gasteiger charge is 2.11. The maximum Gasteiger partial charge on any atom is 0.121 e. The number of aromatic nitrogens is 2. The van der Waals surface area contributed by atoms with Crippen molar-refractivity contribution >= 4 is 11.0 Å². The Morgan fingerprint density at radius 3 is 2.81 bits per heavy atom. The summed E-state index contributed by atoms with van der Waals surface area (Å²) < 4.78 is 0. The number of phenols is 1. The minimum atomic E-state index is 0.0545. The lowest BCUT2D eigenvalue weighted by molar-refractivity contribution is 0.451. The molecular formula is C17H19N3O. The van der Waals surface area contributed by atoms with Gasteiger partial charge in [-0.15, -0.1) is 0 Å². The molecule has 0 aliphatic rings. The van der Waals surface area contributed by atoms with Gasteiger partial charge >= 0.3 is 0 Å². The van der Waals surface area contributed by atoms with E-state index in [9.17, 15) is 5.11 Å². The van der Waals surface area contributed by atoms with Gasteiger partial charge in [0.15, 0.2) is 0 Å². The number of phenolic OH excluding ortho intramolecular Hbond substituents is 1. The van der Waals surface area contributed by atoms with Gasteiger partial charge in [0.25, 0.3) is 0 Å². The summed E-state index contributed by atoms with van der Waals surface area (Å²) in [6, 6.07) is 13.8. The summed E-state index contributed by atoms with van der Waals surface area (Å²) in [5, 5.41) is 13.4. The van der Waals surface area contributed by atoms with Gasteiger partial charge in [-0.05, 0) is 37.6 Å². The highest BCUT2D eigenvalue weighted by Crippen LogP contribution is 2.25. The highest BCUT2D eigenvalue weighted by atomic mass is 16.3. The van der Waals surface area contributed by atoms with E-state index in [4.69, 9.17) is 0 Å². The number of aromatic hydroxyl groups is 1. The Kier molecular flexibility index (Phi) is 3.62. The van der Waals surface area contributed by atoms with Crippen molar-refractivity contribution in [3.8, 4) is 5.75 Å². The van der Waals surface area contributed by atoms with Crippen molar-refractivity contribution in [3.05, 3.63) is 59.4 Å². The largest absolute Gasteiger partial charge is 0.508 e. The topological polar surface area (TPSA) is 60.9 Å². The normalized spacial score (nSPS) is 12.7. The van der Waals surface area contributed by atoms with E-state index in [0.29, 0.717) is 12.3 Å². The molecule has 3 N–H and O–H groups in total. The number of rotatable bonds is 4. The molecule has 0 radical (unpaired) electrons. The predicted octanol–water partition coefficient (Wildman–Crippen LogP) is 3.43. The van der Waals surface area contributed by atoms with E-state index in [1.54, 1.807) is 6.07 Å². The summed E-state index contributed by atoms with van der Waals surface area (Å²) in [4.78, 5) is 7.82. The molecule has 0 saturated heterocycles. The second-order valence-corrected chi connectivity index (χ2v) is 5.37. The van der Waals surface area contributed by atoms with Gasteiger partial charge in [0.05, 0.1) is 17.6 Å². The van der Waals surface area contributed by atoms with Crippen LogP contribution in [0.4, 0.5) is 0 Å². The standard InChI is InChI=1S/C17H19N3O/c1-11-7-8-13(16(21)9-11)12(2)18-10-17-19-14-5-3-4-6-15(14)20-17/h3-9,12,18,21H,10H2,1-2H3,(H,19,20). The first-order valence-electron chi connectivity index (χ1n) is 7.10. The smallest absolute Gasteiger partial charge is 0.121 e. The Bertz CT molecular complexity index is 731. The average molecular weight is 281 g/mol. The van der Waals surface area contributed by atoms with Gasteiger partial charge < -0.3 is 15.4 Å². The van der Waals surface area contributed by atoms with Gasteiger partial charge in [0.2, 0.25) is 0 Å². The number of aryl methyl sites for hydroxylation is 1. The SMILES string of the molecule is Cc1ccc(C(C)NCc2nc3ccccc3[nH]2)c(O)c1. The number of H-pyrrole nitrogens is 1. The lowest BCUT2D eigenvalue weighted by Gasteiger charge is -2.15. The molecule has 0 amide bonds. The van der Waals surface area contributed by atoms with Crippen molar-refractivity contribution in [3.63, 3.8) is 0 Å². The molecule has 0 spiro atoms. The van der Waals surface area contributed by atoms with Crippen LogP contribution in [0.2, 0.25) is 0 Å². The van der Waals surface area contributed by atoms with Crippen LogP contribution in [0.5, 0.6) is 5.75 Å². The summed E-state index contributed by atoms with van der Waals surface area (Å²) in [7, 11) is 0. The van der Waals surface area contributed by atoms with Gasteiger partial charge in [-0.1, -0.05) is 24.3 Å². The minimum Gasteiger partial charge on any atom is -0.508 e. The van der Waals surface area contributed by atoms with Crippen molar-refractivity contribution in [1.82, 2.24) is 15.3 Å². The molecule has 0 aliphatic carbocycles. The van der Waals surface area contributed by atoms with Crippen molar-refractivity contribution in [2.45, 2.75) is 26.4 Å². The van der Waals surface area contributed by atoms with E-state index < -0.39 is 0 Å². The molecule has 1 unspecified atom stereocenters. The molecule has 4 heteroatoms. The van der Waals surface area contributed by atoms with E-state index in [0.717, 1.165) is 28.0 Å². The summed E-state index contributed by atoms with van der Waals surface area (Å²) in [5.41, 5.74) is 3.97. The van der Waals surface area contributed by atoms with E-state index in [1.165, 1.54) is 0 Å². The third-order valence-corrected chi connectivity index (χ3v) is 3.67. The molecule has 1 aromatic heterocycles. The molecule has 3 aromatic rings. The summed E-state index contributed by atoms with van der Waals surface area (Å²) in [6.45, 7) is 4.63. The number of benzene rings is 2. The Labute approximate surface area is 123 Å². The maximum atomic E-state index is 10.0. The van der Waals surface area contributed by atoms with Crippen LogP contribution in [0.3, 0.4) is 0 Å². The molecule has 0 saturated carbocycles. The third kappa shape index (κ3) is 2.90. The number of para-hydroxylation sites is 2. The average Bonchev–Trinajstić information content (AvgIpc) is 2.87. The first-order chi connectivity index (χ1) is 10.1. The lowest BCUT2D eigenvalue weighted by atomic mass is 10.1. The first-order valence-corrected chi connectivity index (χ1v) is 7.10. The molecule has 21 heavy (non-hydrogen) atoms.